The number of nitrogens with zero attached hydrogens (tertiary/aromatic N) is 2. The van der Waals surface area contributed by atoms with Crippen LogP contribution < -0.4 is 5.32 Å². The van der Waals surface area contributed by atoms with E-state index in [1.54, 1.807) is 0 Å². The first-order valence-electron chi connectivity index (χ1n) is 5.98. The Labute approximate surface area is 113 Å². The summed E-state index contributed by atoms with van der Waals surface area (Å²) in [6.45, 7) is 4.91. The summed E-state index contributed by atoms with van der Waals surface area (Å²) >= 11 is 6.35. The summed E-state index contributed by atoms with van der Waals surface area (Å²) in [5.41, 5.74) is 4.46. The number of hydrogen-bond donors (Lipinski definition) is 1. The predicted octanol–water partition coefficient (Wildman–Crippen LogP) is 3.08. The van der Waals surface area contributed by atoms with Crippen LogP contribution in [0.15, 0.2) is 18.2 Å². The van der Waals surface area contributed by atoms with Crippen LogP contribution in [0.5, 0.6) is 0 Å². The minimum Gasteiger partial charge on any atom is -0.321 e. The van der Waals surface area contributed by atoms with Gasteiger partial charge in [-0.1, -0.05) is 23.7 Å². The predicted molar refractivity (Wildman–Crippen MR) is 75.9 cm³/mol. The lowest BCUT2D eigenvalue weighted by Crippen LogP contribution is -2.10. The van der Waals surface area contributed by atoms with E-state index in [-0.39, 0.29) is 0 Å². The second-order valence-electron chi connectivity index (χ2n) is 4.56. The summed E-state index contributed by atoms with van der Waals surface area (Å²) in [6.07, 6.45) is 0. The van der Waals surface area contributed by atoms with Gasteiger partial charge in [0.25, 0.3) is 0 Å². The van der Waals surface area contributed by atoms with E-state index in [4.69, 9.17) is 11.6 Å². The average Bonchev–Trinajstić information content (AvgIpc) is 2.62. The lowest BCUT2D eigenvalue weighted by atomic mass is 10.0. The van der Waals surface area contributed by atoms with Crippen molar-refractivity contribution in [2.45, 2.75) is 20.4 Å². The summed E-state index contributed by atoms with van der Waals surface area (Å²) in [4.78, 5) is 4.61. The Morgan fingerprint density at radius 3 is 2.61 bits per heavy atom. The minimum atomic E-state index is 0.684. The fourth-order valence-corrected chi connectivity index (χ4v) is 2.16. The molecule has 2 aromatic rings. The molecule has 18 heavy (non-hydrogen) atoms. The van der Waals surface area contributed by atoms with Gasteiger partial charge in [0.1, 0.15) is 16.7 Å². The number of imidazole rings is 1. The third-order valence-corrected chi connectivity index (χ3v) is 3.67. The Hall–Kier alpha value is -1.32. The molecule has 1 heterocycles. The molecule has 0 bridgehead atoms. The summed E-state index contributed by atoms with van der Waals surface area (Å²) in [6, 6.07) is 6.31. The lowest BCUT2D eigenvalue weighted by Gasteiger charge is -2.03. The fourth-order valence-electron chi connectivity index (χ4n) is 1.91. The molecular formula is C14H18ClN3. The van der Waals surface area contributed by atoms with E-state index in [0.29, 0.717) is 11.7 Å². The van der Waals surface area contributed by atoms with Crippen LogP contribution in [-0.2, 0) is 13.6 Å². The maximum Gasteiger partial charge on any atom is 0.136 e. The van der Waals surface area contributed by atoms with Gasteiger partial charge < -0.3 is 9.88 Å². The van der Waals surface area contributed by atoms with Crippen molar-refractivity contribution in [3.05, 3.63) is 40.3 Å². The molecule has 1 N–H and O–H groups in total. The minimum absolute atomic E-state index is 0.684. The molecule has 0 unspecified atom stereocenters. The van der Waals surface area contributed by atoms with Crippen molar-refractivity contribution in [1.29, 1.82) is 0 Å². The number of halogens is 1. The number of aryl methyl sites for hydroxylation is 2. The van der Waals surface area contributed by atoms with Crippen LogP contribution in [0.3, 0.4) is 0 Å². The highest BCUT2D eigenvalue weighted by atomic mass is 35.5. The van der Waals surface area contributed by atoms with Crippen LogP contribution in [0.4, 0.5) is 0 Å². The molecule has 2 rings (SSSR count). The van der Waals surface area contributed by atoms with E-state index in [1.807, 2.05) is 18.7 Å². The standard InChI is InChI=1S/C14H18ClN3/c1-9-5-6-11(7-10(9)2)13-14(15)18(4)12(17-13)8-16-3/h5-7,16H,8H2,1-4H3. The molecule has 0 fully saturated rings. The van der Waals surface area contributed by atoms with Gasteiger partial charge in [0.2, 0.25) is 0 Å². The smallest absolute Gasteiger partial charge is 0.136 e. The molecule has 0 spiro atoms. The van der Waals surface area contributed by atoms with Crippen LogP contribution in [0.1, 0.15) is 17.0 Å². The van der Waals surface area contributed by atoms with Gasteiger partial charge in [-0.15, -0.1) is 0 Å². The van der Waals surface area contributed by atoms with Gasteiger partial charge in [0, 0.05) is 12.6 Å². The Kier molecular flexibility index (Phi) is 3.73. The van der Waals surface area contributed by atoms with E-state index in [0.717, 1.165) is 17.1 Å². The van der Waals surface area contributed by atoms with Crippen LogP contribution in [-0.4, -0.2) is 16.6 Å². The molecule has 1 aromatic heterocycles. The molecule has 0 radical (unpaired) electrons. The molecule has 3 nitrogen and oxygen atoms in total. The first-order chi connectivity index (χ1) is 8.54. The van der Waals surface area contributed by atoms with Crippen molar-refractivity contribution < 1.29 is 0 Å². The maximum atomic E-state index is 6.35. The summed E-state index contributed by atoms with van der Waals surface area (Å²) in [5, 5.41) is 3.78. The Balaban J connectivity index is 2.50. The molecule has 0 saturated carbocycles. The molecular weight excluding hydrogens is 246 g/mol. The molecule has 0 aliphatic rings. The number of rotatable bonds is 3. The van der Waals surface area contributed by atoms with Crippen molar-refractivity contribution >= 4 is 11.6 Å². The molecule has 0 atom stereocenters. The lowest BCUT2D eigenvalue weighted by molar-refractivity contribution is 0.710. The third kappa shape index (κ3) is 2.28. The first-order valence-corrected chi connectivity index (χ1v) is 6.35. The second-order valence-corrected chi connectivity index (χ2v) is 4.91. The van der Waals surface area contributed by atoms with E-state index in [9.17, 15) is 0 Å². The van der Waals surface area contributed by atoms with Gasteiger partial charge in [-0.25, -0.2) is 4.98 Å². The molecule has 0 aliphatic carbocycles. The second kappa shape index (κ2) is 5.12. The highest BCUT2D eigenvalue weighted by molar-refractivity contribution is 6.32. The number of benzene rings is 1. The van der Waals surface area contributed by atoms with E-state index < -0.39 is 0 Å². The summed E-state index contributed by atoms with van der Waals surface area (Å²) < 4.78 is 1.92. The van der Waals surface area contributed by atoms with Gasteiger partial charge in [-0.05, 0) is 38.1 Å². The van der Waals surface area contributed by atoms with Gasteiger partial charge >= 0.3 is 0 Å². The number of hydrogen-bond acceptors (Lipinski definition) is 2. The summed E-state index contributed by atoms with van der Waals surface area (Å²) in [7, 11) is 3.84. The van der Waals surface area contributed by atoms with E-state index in [1.165, 1.54) is 11.1 Å². The van der Waals surface area contributed by atoms with Gasteiger partial charge in [0.05, 0.1) is 6.54 Å². The van der Waals surface area contributed by atoms with Gasteiger partial charge in [0.15, 0.2) is 0 Å². The highest BCUT2D eigenvalue weighted by Crippen LogP contribution is 2.28. The summed E-state index contributed by atoms with van der Waals surface area (Å²) in [5.74, 6) is 0.940. The molecule has 1 aromatic carbocycles. The Bertz CT molecular complexity index is 573. The maximum absolute atomic E-state index is 6.35. The largest absolute Gasteiger partial charge is 0.321 e. The normalized spacial score (nSPS) is 10.9. The van der Waals surface area contributed by atoms with Crippen molar-refractivity contribution in [1.82, 2.24) is 14.9 Å². The van der Waals surface area contributed by atoms with E-state index >= 15 is 0 Å². The monoisotopic (exact) mass is 263 g/mol. The molecule has 0 aliphatic heterocycles. The van der Waals surface area contributed by atoms with Crippen LogP contribution in [0.25, 0.3) is 11.3 Å². The zero-order chi connectivity index (χ0) is 13.3. The van der Waals surface area contributed by atoms with Crippen molar-refractivity contribution in [3.63, 3.8) is 0 Å². The molecule has 0 amide bonds. The number of aromatic nitrogens is 2. The van der Waals surface area contributed by atoms with Crippen molar-refractivity contribution in [2.24, 2.45) is 7.05 Å². The van der Waals surface area contributed by atoms with Crippen LogP contribution >= 0.6 is 11.6 Å². The van der Waals surface area contributed by atoms with Crippen molar-refractivity contribution in [3.8, 4) is 11.3 Å². The average molecular weight is 264 g/mol. The van der Waals surface area contributed by atoms with E-state index in [2.05, 4.69) is 42.3 Å². The molecule has 4 heteroatoms. The first kappa shape index (κ1) is 13.1. The SMILES string of the molecule is CNCc1nc(-c2ccc(C)c(C)c2)c(Cl)n1C. The van der Waals surface area contributed by atoms with Crippen molar-refractivity contribution in [2.75, 3.05) is 7.05 Å². The Morgan fingerprint density at radius 1 is 1.28 bits per heavy atom. The third-order valence-electron chi connectivity index (χ3n) is 3.23. The van der Waals surface area contributed by atoms with Gasteiger partial charge in [-0.3, -0.25) is 0 Å². The van der Waals surface area contributed by atoms with Crippen LogP contribution in [0, 0.1) is 13.8 Å². The highest BCUT2D eigenvalue weighted by Gasteiger charge is 2.14. The molecule has 0 saturated heterocycles. The van der Waals surface area contributed by atoms with Crippen LogP contribution in [0.2, 0.25) is 5.15 Å². The Morgan fingerprint density at radius 2 is 2.00 bits per heavy atom. The topological polar surface area (TPSA) is 29.9 Å². The zero-order valence-corrected chi connectivity index (χ0v) is 12.0. The number of nitrogens with one attached hydrogen (secondary N) is 1. The van der Waals surface area contributed by atoms with Gasteiger partial charge in [-0.2, -0.15) is 0 Å². The quantitative estimate of drug-likeness (QED) is 0.922. The fraction of sp³-hybridized carbons (Fsp3) is 0.357. The zero-order valence-electron chi connectivity index (χ0n) is 11.2. The molecule has 96 valence electrons.